The summed E-state index contributed by atoms with van der Waals surface area (Å²) in [5, 5.41) is 8.54. The largest absolute Gasteiger partial charge is 0.369 e. The van der Waals surface area contributed by atoms with Crippen LogP contribution in [0.15, 0.2) is 48.0 Å². The molecule has 5 rings (SSSR count). The molecule has 1 fully saturated rings. The first-order chi connectivity index (χ1) is 12.8. The number of anilines is 1. The van der Waals surface area contributed by atoms with E-state index in [0.29, 0.717) is 6.61 Å². The van der Waals surface area contributed by atoms with Gasteiger partial charge in [-0.2, -0.15) is 0 Å². The van der Waals surface area contributed by atoms with Crippen LogP contribution in [0.25, 0.3) is 16.2 Å². The predicted octanol–water partition coefficient (Wildman–Crippen LogP) is 4.75. The summed E-state index contributed by atoms with van der Waals surface area (Å²) in [5.74, 6) is 0. The fourth-order valence-electron chi connectivity index (χ4n) is 3.05. The molecular formula is C18H15ClN4OS2. The van der Waals surface area contributed by atoms with Crippen LogP contribution >= 0.6 is 34.3 Å². The van der Waals surface area contributed by atoms with Gasteiger partial charge in [0.15, 0.2) is 0 Å². The van der Waals surface area contributed by atoms with Crippen molar-refractivity contribution in [1.82, 2.24) is 14.6 Å². The van der Waals surface area contributed by atoms with E-state index in [1.54, 1.807) is 22.7 Å². The smallest absolute Gasteiger partial charge is 0.214 e. The van der Waals surface area contributed by atoms with Crippen molar-refractivity contribution in [2.75, 3.05) is 24.6 Å². The molecule has 4 heterocycles. The number of aromatic nitrogens is 3. The molecule has 4 aromatic rings. The molecule has 5 nitrogen and oxygen atoms in total. The van der Waals surface area contributed by atoms with Gasteiger partial charge in [0.2, 0.25) is 10.1 Å². The van der Waals surface area contributed by atoms with E-state index < -0.39 is 0 Å². The number of benzene rings is 1. The molecule has 0 aliphatic carbocycles. The van der Waals surface area contributed by atoms with Gasteiger partial charge in [-0.1, -0.05) is 41.1 Å². The maximum Gasteiger partial charge on any atom is 0.214 e. The lowest BCUT2D eigenvalue weighted by molar-refractivity contribution is 0.0420. The summed E-state index contributed by atoms with van der Waals surface area (Å²) in [6, 6.07) is 11.9. The first kappa shape index (κ1) is 16.3. The number of thiophene rings is 1. The van der Waals surface area contributed by atoms with Crippen molar-refractivity contribution in [3.05, 3.63) is 57.9 Å². The zero-order chi connectivity index (χ0) is 17.5. The molecule has 0 N–H and O–H groups in total. The van der Waals surface area contributed by atoms with Crippen LogP contribution in [0, 0.1) is 0 Å². The number of hydrogen-bond donors (Lipinski definition) is 0. The second-order valence-corrected chi connectivity index (χ2v) is 8.42. The Kier molecular flexibility index (Phi) is 4.17. The third-order valence-electron chi connectivity index (χ3n) is 4.37. The van der Waals surface area contributed by atoms with Crippen LogP contribution < -0.4 is 4.90 Å². The Bertz CT molecular complexity index is 994. The van der Waals surface area contributed by atoms with Crippen molar-refractivity contribution >= 4 is 44.4 Å². The fraction of sp³-hybridized carbons (Fsp3) is 0.222. The minimum absolute atomic E-state index is 0.115. The van der Waals surface area contributed by atoms with Crippen molar-refractivity contribution < 1.29 is 4.74 Å². The summed E-state index contributed by atoms with van der Waals surface area (Å²) in [6.07, 6.45) is 2.08. The van der Waals surface area contributed by atoms with E-state index in [1.807, 2.05) is 35.0 Å². The van der Waals surface area contributed by atoms with Gasteiger partial charge >= 0.3 is 0 Å². The Balaban J connectivity index is 1.40. The molecule has 1 aliphatic heterocycles. The molecule has 8 heteroatoms. The van der Waals surface area contributed by atoms with Crippen LogP contribution in [0.5, 0.6) is 0 Å². The average molecular weight is 403 g/mol. The summed E-state index contributed by atoms with van der Waals surface area (Å²) < 4.78 is 7.79. The number of halogens is 1. The number of hydrogen-bond acceptors (Lipinski definition) is 6. The minimum atomic E-state index is 0.115. The molecule has 0 amide bonds. The Morgan fingerprint density at radius 1 is 1.19 bits per heavy atom. The number of fused-ring (bicyclic) bond motifs is 1. The number of imidazole rings is 1. The van der Waals surface area contributed by atoms with Crippen LogP contribution in [-0.4, -0.2) is 34.3 Å². The van der Waals surface area contributed by atoms with Crippen molar-refractivity contribution in [3.8, 4) is 11.3 Å². The van der Waals surface area contributed by atoms with Gasteiger partial charge in [0.05, 0.1) is 25.0 Å². The van der Waals surface area contributed by atoms with Crippen LogP contribution in [0.4, 0.5) is 5.13 Å². The van der Waals surface area contributed by atoms with E-state index in [-0.39, 0.29) is 6.10 Å². The van der Waals surface area contributed by atoms with E-state index in [1.165, 1.54) is 4.88 Å². The molecule has 26 heavy (non-hydrogen) atoms. The molecule has 1 aromatic carbocycles. The summed E-state index contributed by atoms with van der Waals surface area (Å²) in [6.45, 7) is 2.38. The molecule has 132 valence electrons. The van der Waals surface area contributed by atoms with Crippen molar-refractivity contribution in [3.63, 3.8) is 0 Å². The summed E-state index contributed by atoms with van der Waals surface area (Å²) in [5.41, 5.74) is 1.95. The molecule has 1 aliphatic rings. The zero-order valence-corrected chi connectivity index (χ0v) is 16.1. The van der Waals surface area contributed by atoms with E-state index in [9.17, 15) is 0 Å². The highest BCUT2D eigenvalue weighted by molar-refractivity contribution is 7.20. The average Bonchev–Trinajstić information content (AvgIpc) is 3.39. The maximum atomic E-state index is 5.96. The van der Waals surface area contributed by atoms with Gasteiger partial charge in [0.1, 0.15) is 6.10 Å². The fourth-order valence-corrected chi connectivity index (χ4v) is 4.86. The molecule has 1 unspecified atom stereocenters. The molecule has 3 aromatic heterocycles. The first-order valence-electron chi connectivity index (χ1n) is 8.28. The van der Waals surface area contributed by atoms with Gasteiger partial charge in [-0.25, -0.2) is 9.50 Å². The molecule has 0 bridgehead atoms. The SMILES string of the molecule is Clc1ccc(-c2cn3nc(N4CCOC(c5cccs5)C4)sc3n2)cc1. The highest BCUT2D eigenvalue weighted by atomic mass is 35.5. The van der Waals surface area contributed by atoms with Crippen LogP contribution in [0.3, 0.4) is 0 Å². The van der Waals surface area contributed by atoms with Crippen LogP contribution in [-0.2, 0) is 4.74 Å². The van der Waals surface area contributed by atoms with Crippen LogP contribution in [0.2, 0.25) is 5.02 Å². The van der Waals surface area contributed by atoms with Crippen molar-refractivity contribution in [2.45, 2.75) is 6.10 Å². The van der Waals surface area contributed by atoms with Crippen LogP contribution in [0.1, 0.15) is 11.0 Å². The van der Waals surface area contributed by atoms with E-state index in [2.05, 4.69) is 22.4 Å². The highest BCUT2D eigenvalue weighted by Crippen LogP contribution is 2.32. The van der Waals surface area contributed by atoms with E-state index in [4.69, 9.17) is 26.4 Å². The summed E-state index contributed by atoms with van der Waals surface area (Å²) in [4.78, 5) is 9.16. The maximum absolute atomic E-state index is 5.96. The van der Waals surface area contributed by atoms with Crippen molar-refractivity contribution in [2.24, 2.45) is 0 Å². The predicted molar refractivity (Wildman–Crippen MR) is 107 cm³/mol. The van der Waals surface area contributed by atoms with Gasteiger partial charge in [0.25, 0.3) is 0 Å². The molecule has 0 spiro atoms. The summed E-state index contributed by atoms with van der Waals surface area (Å²) in [7, 11) is 0. The number of morpholine rings is 1. The topological polar surface area (TPSA) is 42.7 Å². The second-order valence-electron chi connectivity index (χ2n) is 6.07. The molecule has 1 saturated heterocycles. The Labute approximate surface area is 163 Å². The van der Waals surface area contributed by atoms with E-state index in [0.717, 1.165) is 39.5 Å². The Morgan fingerprint density at radius 2 is 2.08 bits per heavy atom. The van der Waals surface area contributed by atoms with Gasteiger partial charge in [-0.05, 0) is 23.6 Å². The first-order valence-corrected chi connectivity index (χ1v) is 10.4. The van der Waals surface area contributed by atoms with E-state index >= 15 is 0 Å². The third-order valence-corrected chi connectivity index (χ3v) is 6.57. The molecule has 0 saturated carbocycles. The standard InChI is InChI=1S/C18H15ClN4OS2/c19-13-5-3-12(4-6-13)14-10-23-17(20-14)26-18(21-23)22-7-8-24-15(11-22)16-2-1-9-25-16/h1-6,9-10,15H,7-8,11H2. The van der Waals surface area contributed by atoms with Gasteiger partial charge in [-0.15, -0.1) is 16.4 Å². The highest BCUT2D eigenvalue weighted by Gasteiger charge is 2.25. The normalized spacial score (nSPS) is 17.9. The Morgan fingerprint density at radius 3 is 2.85 bits per heavy atom. The van der Waals surface area contributed by atoms with Gasteiger partial charge in [-0.3, -0.25) is 0 Å². The monoisotopic (exact) mass is 402 g/mol. The summed E-state index contributed by atoms with van der Waals surface area (Å²) >= 11 is 9.31. The lowest BCUT2D eigenvalue weighted by Gasteiger charge is -2.31. The van der Waals surface area contributed by atoms with Gasteiger partial charge in [0, 0.05) is 22.0 Å². The van der Waals surface area contributed by atoms with Crippen molar-refractivity contribution in [1.29, 1.82) is 0 Å². The minimum Gasteiger partial charge on any atom is -0.369 e. The quantitative estimate of drug-likeness (QED) is 0.496. The molecule has 1 atom stereocenters. The molecule has 0 radical (unpaired) electrons. The number of ether oxygens (including phenoxy) is 1. The second kappa shape index (κ2) is 6.66. The van der Waals surface area contributed by atoms with Gasteiger partial charge < -0.3 is 9.64 Å². The third kappa shape index (κ3) is 3.01. The lowest BCUT2D eigenvalue weighted by Crippen LogP contribution is -2.38. The number of rotatable bonds is 3. The Hall–Kier alpha value is -1.93. The number of nitrogens with zero attached hydrogens (tertiary/aromatic N) is 4. The molecular weight excluding hydrogens is 388 g/mol. The lowest BCUT2D eigenvalue weighted by atomic mass is 10.2. The zero-order valence-electron chi connectivity index (χ0n) is 13.7.